The van der Waals surface area contributed by atoms with Crippen LogP contribution in [0.2, 0.25) is 0 Å². The summed E-state index contributed by atoms with van der Waals surface area (Å²) < 4.78 is 3.36. The second-order valence-electron chi connectivity index (χ2n) is 3.90. The first-order chi connectivity index (χ1) is 7.75. The van der Waals surface area contributed by atoms with Crippen LogP contribution in [0.5, 0.6) is 0 Å². The predicted molar refractivity (Wildman–Crippen MR) is 69.6 cm³/mol. The highest BCUT2D eigenvalue weighted by Crippen LogP contribution is 2.30. The van der Waals surface area contributed by atoms with Gasteiger partial charge in [-0.25, -0.2) is 0 Å². The van der Waals surface area contributed by atoms with E-state index < -0.39 is 0 Å². The van der Waals surface area contributed by atoms with Gasteiger partial charge in [0.15, 0.2) is 0 Å². The number of unbranched alkanes of at least 4 members (excludes halogenated alkanes) is 1. The molecule has 0 amide bonds. The topological polar surface area (TPSA) is 22.0 Å². The lowest BCUT2D eigenvalue weighted by molar-refractivity contribution is -0.107. The van der Waals surface area contributed by atoms with Crippen LogP contribution in [0.25, 0.3) is 10.9 Å². The van der Waals surface area contributed by atoms with E-state index in [9.17, 15) is 4.79 Å². The summed E-state index contributed by atoms with van der Waals surface area (Å²) in [7, 11) is 2.07. The molecule has 1 aromatic carbocycles. The summed E-state index contributed by atoms with van der Waals surface area (Å²) in [5, 5.41) is 1.24. The van der Waals surface area contributed by atoms with Crippen LogP contribution in [-0.4, -0.2) is 10.9 Å². The number of hydrogen-bond donors (Lipinski definition) is 0. The van der Waals surface area contributed by atoms with E-state index in [1.165, 1.54) is 16.6 Å². The van der Waals surface area contributed by atoms with Gasteiger partial charge in [0.25, 0.3) is 0 Å². The molecule has 0 aliphatic heterocycles. The molecule has 3 heteroatoms. The molecule has 2 aromatic rings. The summed E-state index contributed by atoms with van der Waals surface area (Å²) in [4.78, 5) is 10.3. The molecule has 0 radical (unpaired) electrons. The van der Waals surface area contributed by atoms with E-state index >= 15 is 0 Å². The van der Waals surface area contributed by atoms with Crippen LogP contribution >= 0.6 is 15.9 Å². The molecule has 1 heterocycles. The molecular formula is C13H14BrNO. The summed E-state index contributed by atoms with van der Waals surface area (Å²) in [6.07, 6.45) is 3.46. The Morgan fingerprint density at radius 1 is 1.38 bits per heavy atom. The molecule has 16 heavy (non-hydrogen) atoms. The van der Waals surface area contributed by atoms with Crippen molar-refractivity contribution >= 4 is 33.1 Å². The van der Waals surface area contributed by atoms with Gasteiger partial charge in [-0.05, 0) is 34.8 Å². The van der Waals surface area contributed by atoms with Gasteiger partial charge in [0.05, 0.1) is 0 Å². The third-order valence-corrected chi connectivity index (χ3v) is 3.78. The van der Waals surface area contributed by atoms with E-state index in [0.717, 1.165) is 23.6 Å². The number of benzene rings is 1. The molecule has 0 bridgehead atoms. The highest BCUT2D eigenvalue weighted by atomic mass is 79.9. The van der Waals surface area contributed by atoms with E-state index in [-0.39, 0.29) is 0 Å². The maximum absolute atomic E-state index is 10.3. The number of carbonyl (C=O) groups excluding carboxylic acids is 1. The zero-order valence-electron chi connectivity index (χ0n) is 9.24. The van der Waals surface area contributed by atoms with Gasteiger partial charge in [-0.3, -0.25) is 0 Å². The van der Waals surface area contributed by atoms with E-state index in [4.69, 9.17) is 0 Å². The minimum absolute atomic E-state index is 0.633. The number of hydrogen-bond acceptors (Lipinski definition) is 1. The lowest BCUT2D eigenvalue weighted by Gasteiger charge is -2.03. The van der Waals surface area contributed by atoms with Crippen LogP contribution in [0, 0.1) is 0 Å². The summed E-state index contributed by atoms with van der Waals surface area (Å²) in [6.45, 7) is 0. The largest absolute Gasteiger partial charge is 0.347 e. The van der Waals surface area contributed by atoms with Gasteiger partial charge >= 0.3 is 0 Å². The number of para-hydroxylation sites is 1. The molecular weight excluding hydrogens is 266 g/mol. The second-order valence-corrected chi connectivity index (χ2v) is 4.69. The Kier molecular flexibility index (Phi) is 3.44. The van der Waals surface area contributed by atoms with Gasteiger partial charge in [0.1, 0.15) is 6.29 Å². The van der Waals surface area contributed by atoms with Gasteiger partial charge in [-0.15, -0.1) is 0 Å². The monoisotopic (exact) mass is 279 g/mol. The number of aryl methyl sites for hydroxylation is 1. The molecule has 84 valence electrons. The van der Waals surface area contributed by atoms with E-state index in [0.29, 0.717) is 6.42 Å². The average Bonchev–Trinajstić information content (AvgIpc) is 2.55. The number of nitrogens with zero attached hydrogens (tertiary/aromatic N) is 1. The minimum Gasteiger partial charge on any atom is -0.347 e. The van der Waals surface area contributed by atoms with Crippen molar-refractivity contribution in [1.29, 1.82) is 0 Å². The zero-order chi connectivity index (χ0) is 11.5. The Balaban J connectivity index is 2.40. The normalized spacial score (nSPS) is 10.9. The molecule has 0 atom stereocenters. The number of fused-ring (bicyclic) bond motifs is 1. The zero-order valence-corrected chi connectivity index (χ0v) is 10.8. The SMILES string of the molecule is Cn1c(CCCC=O)c(Br)c2ccccc21. The van der Waals surface area contributed by atoms with Gasteiger partial charge < -0.3 is 9.36 Å². The molecule has 0 unspecified atom stereocenters. The molecule has 0 saturated heterocycles. The third kappa shape index (κ3) is 1.92. The number of carbonyl (C=O) groups is 1. The van der Waals surface area contributed by atoms with Gasteiger partial charge in [-0.2, -0.15) is 0 Å². The second kappa shape index (κ2) is 4.83. The molecule has 0 fully saturated rings. The average molecular weight is 280 g/mol. The Morgan fingerprint density at radius 3 is 2.81 bits per heavy atom. The molecule has 0 saturated carbocycles. The van der Waals surface area contributed by atoms with Crippen molar-refractivity contribution in [3.8, 4) is 0 Å². The predicted octanol–water partition coefficient (Wildman–Crippen LogP) is 3.46. The maximum Gasteiger partial charge on any atom is 0.120 e. The summed E-state index contributed by atoms with van der Waals surface area (Å²) in [5.41, 5.74) is 2.50. The van der Waals surface area contributed by atoms with Crippen molar-refractivity contribution in [2.45, 2.75) is 19.3 Å². The highest BCUT2D eigenvalue weighted by Gasteiger charge is 2.11. The van der Waals surface area contributed by atoms with Crippen LogP contribution in [0.1, 0.15) is 18.5 Å². The molecule has 1 aromatic heterocycles. The fraction of sp³-hybridized carbons (Fsp3) is 0.308. The Morgan fingerprint density at radius 2 is 2.12 bits per heavy atom. The van der Waals surface area contributed by atoms with E-state index in [1.54, 1.807) is 0 Å². The standard InChI is InChI=1S/C13H14BrNO/c1-15-11-7-3-2-6-10(11)13(14)12(15)8-4-5-9-16/h2-3,6-7,9H,4-5,8H2,1H3. The highest BCUT2D eigenvalue weighted by molar-refractivity contribution is 9.10. The Hall–Kier alpha value is -1.09. The van der Waals surface area contributed by atoms with Crippen LogP contribution in [-0.2, 0) is 18.3 Å². The van der Waals surface area contributed by atoms with Crippen LogP contribution in [0.15, 0.2) is 28.7 Å². The first kappa shape index (κ1) is 11.4. The summed E-state index contributed by atoms with van der Waals surface area (Å²) in [5.74, 6) is 0. The molecule has 0 N–H and O–H groups in total. The molecule has 0 aliphatic carbocycles. The van der Waals surface area contributed by atoms with Crippen molar-refractivity contribution in [2.75, 3.05) is 0 Å². The number of aldehydes is 1. The quantitative estimate of drug-likeness (QED) is 0.621. The van der Waals surface area contributed by atoms with Gasteiger partial charge in [0.2, 0.25) is 0 Å². The van der Waals surface area contributed by atoms with E-state index in [2.05, 4.69) is 39.7 Å². The lowest BCUT2D eigenvalue weighted by atomic mass is 10.2. The Bertz CT molecular complexity index is 477. The minimum atomic E-state index is 0.633. The fourth-order valence-corrected chi connectivity index (χ4v) is 2.83. The maximum atomic E-state index is 10.3. The van der Waals surface area contributed by atoms with Crippen LogP contribution < -0.4 is 0 Å². The number of rotatable bonds is 4. The Labute approximate surface area is 103 Å². The summed E-state index contributed by atoms with van der Waals surface area (Å²) >= 11 is 3.65. The van der Waals surface area contributed by atoms with E-state index in [1.807, 2.05) is 12.1 Å². The van der Waals surface area contributed by atoms with Crippen molar-refractivity contribution in [3.05, 3.63) is 34.4 Å². The molecule has 0 spiro atoms. The van der Waals surface area contributed by atoms with Crippen molar-refractivity contribution in [2.24, 2.45) is 7.05 Å². The lowest BCUT2D eigenvalue weighted by Crippen LogP contribution is -1.97. The summed E-state index contributed by atoms with van der Waals surface area (Å²) in [6, 6.07) is 8.32. The fourth-order valence-electron chi connectivity index (χ4n) is 2.03. The van der Waals surface area contributed by atoms with Crippen molar-refractivity contribution in [3.63, 3.8) is 0 Å². The van der Waals surface area contributed by atoms with Crippen molar-refractivity contribution in [1.82, 2.24) is 4.57 Å². The van der Waals surface area contributed by atoms with Crippen molar-refractivity contribution < 1.29 is 4.79 Å². The molecule has 0 aliphatic rings. The van der Waals surface area contributed by atoms with Gasteiger partial charge in [-0.1, -0.05) is 18.2 Å². The van der Waals surface area contributed by atoms with Crippen LogP contribution in [0.4, 0.5) is 0 Å². The smallest absolute Gasteiger partial charge is 0.120 e. The first-order valence-corrected chi connectivity index (χ1v) is 6.20. The van der Waals surface area contributed by atoms with Crippen LogP contribution in [0.3, 0.4) is 0 Å². The molecule has 2 rings (SSSR count). The number of aromatic nitrogens is 1. The van der Waals surface area contributed by atoms with Gasteiger partial charge in [0, 0.05) is 34.5 Å². The molecule has 2 nitrogen and oxygen atoms in total. The third-order valence-electron chi connectivity index (χ3n) is 2.90. The number of halogens is 1. The first-order valence-electron chi connectivity index (χ1n) is 5.41.